The Morgan fingerprint density at radius 2 is 1.45 bits per heavy atom. The summed E-state index contributed by atoms with van der Waals surface area (Å²) in [7, 11) is 0. The number of hydrogen-bond donors (Lipinski definition) is 2. The molecule has 2 saturated carbocycles. The van der Waals surface area contributed by atoms with E-state index in [9.17, 15) is 10.2 Å². The number of aliphatic hydroxyl groups excluding tert-OH is 2. The van der Waals surface area contributed by atoms with Crippen molar-refractivity contribution in [3.63, 3.8) is 0 Å². The first kappa shape index (κ1) is 31.0. The van der Waals surface area contributed by atoms with Crippen LogP contribution in [0.15, 0.2) is 54.6 Å². The fourth-order valence-electron chi connectivity index (χ4n) is 7.43. The van der Waals surface area contributed by atoms with E-state index >= 15 is 0 Å². The van der Waals surface area contributed by atoms with Crippen LogP contribution in [0, 0.1) is 28.7 Å². The maximum Gasteiger partial charge on any atom is 0.0651 e. The number of hydrogen-bond acceptors (Lipinski definition) is 3. The Balaban J connectivity index is 0.000000206. The summed E-state index contributed by atoms with van der Waals surface area (Å²) >= 11 is 0. The van der Waals surface area contributed by atoms with Crippen LogP contribution in [-0.2, 0) is 20.1 Å². The first-order valence-corrected chi connectivity index (χ1v) is 14.5. The van der Waals surface area contributed by atoms with Gasteiger partial charge in [0.1, 0.15) is 0 Å². The van der Waals surface area contributed by atoms with Crippen molar-refractivity contribution >= 4 is 10.9 Å². The molecule has 5 rings (SSSR count). The minimum atomic E-state index is -0.299. The normalized spacial score (nSPS) is 25.0. The van der Waals surface area contributed by atoms with Gasteiger partial charge in [0.05, 0.1) is 17.7 Å². The van der Waals surface area contributed by atoms with Gasteiger partial charge in [-0.3, -0.25) is 4.98 Å². The predicted molar refractivity (Wildman–Crippen MR) is 154 cm³/mol. The molecule has 2 aliphatic carbocycles. The molecule has 1 aromatic heterocycles. The number of benzene rings is 2. The molecule has 0 bridgehead atoms. The average molecular weight is 693 g/mol. The predicted octanol–water partition coefficient (Wildman–Crippen LogP) is 8.18. The van der Waals surface area contributed by atoms with Crippen LogP contribution in [0.4, 0.5) is 0 Å². The number of pyridine rings is 1. The zero-order chi connectivity index (χ0) is 26.8. The second-order valence-electron chi connectivity index (χ2n) is 11.8. The molecule has 1 radical (unpaired) electrons. The van der Waals surface area contributed by atoms with Gasteiger partial charge < -0.3 is 10.2 Å². The Kier molecular flexibility index (Phi) is 10.4. The molecule has 0 amide bonds. The molecule has 2 unspecified atom stereocenters. The molecule has 1 heterocycles. The van der Waals surface area contributed by atoms with Gasteiger partial charge in [0.25, 0.3) is 0 Å². The molecule has 2 fully saturated rings. The van der Waals surface area contributed by atoms with E-state index < -0.39 is 0 Å². The monoisotopic (exact) mass is 693 g/mol. The molecule has 38 heavy (non-hydrogen) atoms. The summed E-state index contributed by atoms with van der Waals surface area (Å²) in [6, 6.07) is 21.8. The largest absolute Gasteiger partial charge is 0.392 e. The fraction of sp³-hybridized carbons (Fsp3) is 0.559. The van der Waals surface area contributed by atoms with E-state index in [1.807, 2.05) is 24.3 Å². The summed E-state index contributed by atoms with van der Waals surface area (Å²) in [5.74, 6) is 1.18. The van der Waals surface area contributed by atoms with Crippen LogP contribution in [0.1, 0.15) is 91.5 Å². The smallest absolute Gasteiger partial charge is 0.0651 e. The van der Waals surface area contributed by atoms with Gasteiger partial charge in [-0.25, -0.2) is 0 Å². The Labute approximate surface area is 243 Å². The van der Waals surface area contributed by atoms with Crippen molar-refractivity contribution in [2.45, 2.75) is 98.2 Å². The quantitative estimate of drug-likeness (QED) is 0.256. The first-order chi connectivity index (χ1) is 17.8. The van der Waals surface area contributed by atoms with Crippen LogP contribution < -0.4 is 0 Å². The van der Waals surface area contributed by atoms with Gasteiger partial charge in [-0.1, -0.05) is 65.8 Å². The summed E-state index contributed by atoms with van der Waals surface area (Å²) < 4.78 is 0. The van der Waals surface area contributed by atoms with E-state index in [1.165, 1.54) is 10.9 Å². The van der Waals surface area contributed by atoms with Crippen LogP contribution in [0.2, 0.25) is 0 Å². The molecule has 2 N–H and O–H groups in total. The SMILES string of the molecule is CC(C)c1cccc2nc(-c3[c-]cccc3)ccc12.CCC1(CC)CC2CC(CC)(CC)C(O)C2C1O.[Ir]. The third-order valence-electron chi connectivity index (χ3n) is 10.1. The Morgan fingerprint density at radius 3 is 1.92 bits per heavy atom. The molecular weight excluding hydrogens is 647 g/mol. The van der Waals surface area contributed by atoms with Crippen molar-refractivity contribution in [2.75, 3.05) is 0 Å². The molecule has 2 aromatic carbocycles. The van der Waals surface area contributed by atoms with Gasteiger partial charge in [-0.2, -0.15) is 0 Å². The summed E-state index contributed by atoms with van der Waals surface area (Å²) in [5, 5.41) is 22.7. The van der Waals surface area contributed by atoms with Crippen molar-refractivity contribution in [3.05, 3.63) is 66.2 Å². The Morgan fingerprint density at radius 1 is 0.842 bits per heavy atom. The van der Waals surface area contributed by atoms with E-state index in [2.05, 4.69) is 77.9 Å². The second kappa shape index (κ2) is 12.7. The van der Waals surface area contributed by atoms with Crippen molar-refractivity contribution in [1.82, 2.24) is 4.98 Å². The van der Waals surface area contributed by atoms with Crippen LogP contribution in [0.3, 0.4) is 0 Å². The molecule has 3 nitrogen and oxygen atoms in total. The third kappa shape index (κ3) is 5.52. The van der Waals surface area contributed by atoms with Crippen molar-refractivity contribution in [3.8, 4) is 11.3 Å². The minimum Gasteiger partial charge on any atom is -0.392 e. The molecule has 0 aliphatic heterocycles. The van der Waals surface area contributed by atoms with E-state index in [0.29, 0.717) is 11.8 Å². The second-order valence-corrected chi connectivity index (χ2v) is 11.8. The molecule has 2 aliphatic rings. The van der Waals surface area contributed by atoms with E-state index in [-0.39, 0.29) is 49.1 Å². The number of aliphatic hydroxyl groups is 2. The van der Waals surface area contributed by atoms with Crippen molar-refractivity contribution in [2.24, 2.45) is 22.7 Å². The third-order valence-corrected chi connectivity index (χ3v) is 10.1. The topological polar surface area (TPSA) is 53.4 Å². The number of rotatable bonds is 6. The summed E-state index contributed by atoms with van der Waals surface area (Å²) in [6.07, 6.45) is 5.78. The van der Waals surface area contributed by atoms with Crippen molar-refractivity contribution in [1.29, 1.82) is 0 Å². The van der Waals surface area contributed by atoms with Gasteiger partial charge in [0.2, 0.25) is 0 Å². The molecule has 209 valence electrons. The number of fused-ring (bicyclic) bond motifs is 2. The maximum absolute atomic E-state index is 10.7. The van der Waals surface area contributed by atoms with Gasteiger partial charge in [-0.15, -0.1) is 35.9 Å². The first-order valence-electron chi connectivity index (χ1n) is 14.5. The van der Waals surface area contributed by atoms with E-state index in [4.69, 9.17) is 4.98 Å². The Hall–Kier alpha value is -1.58. The van der Waals surface area contributed by atoms with E-state index in [1.54, 1.807) is 0 Å². The Bertz CT molecular complexity index is 1140. The van der Waals surface area contributed by atoms with Gasteiger partial charge in [0.15, 0.2) is 0 Å². The van der Waals surface area contributed by atoms with Crippen LogP contribution in [-0.4, -0.2) is 27.4 Å². The van der Waals surface area contributed by atoms with Gasteiger partial charge in [-0.05, 0) is 78.5 Å². The van der Waals surface area contributed by atoms with Crippen LogP contribution in [0.5, 0.6) is 0 Å². The maximum atomic E-state index is 10.7. The standard InChI is InChI=1S/C18H16N.C16H30O2.Ir/c1-13(2)15-9-6-10-18-16(15)11-12-17(19-18)14-7-4-3-5-8-14;1-5-15(6-2)9-11-10-16(7-3,8-4)14(18)12(11)13(15)17;/h3-7,9-13H,1-2H3;11-14,17-18H,5-10H2,1-4H3;/q-1;;. The number of aromatic nitrogens is 1. The van der Waals surface area contributed by atoms with Crippen LogP contribution >= 0.6 is 0 Å². The molecule has 0 saturated heterocycles. The van der Waals surface area contributed by atoms with Gasteiger partial charge in [0, 0.05) is 31.4 Å². The molecule has 4 heteroatoms. The summed E-state index contributed by atoms with van der Waals surface area (Å²) in [6.45, 7) is 13.2. The molecular formula is C34H46IrNO2-. The molecule has 2 atom stereocenters. The summed E-state index contributed by atoms with van der Waals surface area (Å²) in [4.78, 5) is 4.76. The summed E-state index contributed by atoms with van der Waals surface area (Å²) in [5.41, 5.74) is 4.58. The zero-order valence-electron chi connectivity index (χ0n) is 24.0. The zero-order valence-corrected chi connectivity index (χ0v) is 26.4. The minimum absolute atomic E-state index is 0. The molecule has 0 spiro atoms. The molecule has 3 aromatic rings. The van der Waals surface area contributed by atoms with Gasteiger partial charge >= 0.3 is 0 Å². The number of nitrogens with zero attached hydrogens (tertiary/aromatic N) is 1. The fourth-order valence-corrected chi connectivity index (χ4v) is 7.43. The van der Waals surface area contributed by atoms with Crippen LogP contribution in [0.25, 0.3) is 22.2 Å². The average Bonchev–Trinajstić information content (AvgIpc) is 3.38. The van der Waals surface area contributed by atoms with E-state index in [0.717, 1.165) is 55.3 Å². The van der Waals surface area contributed by atoms with Crippen molar-refractivity contribution < 1.29 is 30.3 Å².